The molecule has 4 aromatic rings. The number of carbonyl (C=O) groups excluding carboxylic acids is 1. The van der Waals surface area contributed by atoms with Crippen LogP contribution >= 0.6 is 0 Å². The summed E-state index contributed by atoms with van der Waals surface area (Å²) in [5.74, 6) is 0.965. The van der Waals surface area contributed by atoms with E-state index in [1.807, 2.05) is 37.3 Å². The first kappa shape index (κ1) is 23.7. The first-order valence-electron chi connectivity index (χ1n) is 11.1. The molecule has 9 nitrogen and oxygen atoms in total. The molecule has 1 N–H and O–H groups in total. The number of nitrogens with one attached hydrogen (secondary N) is 1. The van der Waals surface area contributed by atoms with E-state index in [2.05, 4.69) is 15.4 Å². The Kier molecular flexibility index (Phi) is 7.25. The maximum absolute atomic E-state index is 12.9. The fraction of sp³-hybridized carbons (Fsp3) is 0.231. The summed E-state index contributed by atoms with van der Waals surface area (Å²) in [5.41, 5.74) is 3.32. The third kappa shape index (κ3) is 5.57. The van der Waals surface area contributed by atoms with Crippen LogP contribution in [-0.2, 0) is 17.9 Å². The molecule has 2 heterocycles. The first-order chi connectivity index (χ1) is 17.0. The van der Waals surface area contributed by atoms with Crippen molar-refractivity contribution >= 4 is 23.0 Å². The van der Waals surface area contributed by atoms with Gasteiger partial charge in [-0.1, -0.05) is 35.9 Å². The van der Waals surface area contributed by atoms with Gasteiger partial charge in [0.25, 0.3) is 5.56 Å². The van der Waals surface area contributed by atoms with Gasteiger partial charge < -0.3 is 14.8 Å². The second-order valence-electron chi connectivity index (χ2n) is 8.01. The molecule has 0 radical (unpaired) electrons. The lowest BCUT2D eigenvalue weighted by atomic mass is 10.1. The summed E-state index contributed by atoms with van der Waals surface area (Å²) in [4.78, 5) is 29.6. The Morgan fingerprint density at radius 3 is 2.71 bits per heavy atom. The molecule has 4 rings (SSSR count). The number of nitrogens with zero attached hydrogens (tertiary/aromatic N) is 4. The van der Waals surface area contributed by atoms with Gasteiger partial charge in [0, 0.05) is 12.6 Å². The maximum Gasteiger partial charge on any atom is 0.264 e. The van der Waals surface area contributed by atoms with Crippen molar-refractivity contribution in [3.63, 3.8) is 0 Å². The second-order valence-corrected chi connectivity index (χ2v) is 8.01. The number of fused-ring (bicyclic) bond motifs is 1. The van der Waals surface area contributed by atoms with E-state index < -0.39 is 0 Å². The number of benzene rings is 2. The molecule has 0 saturated heterocycles. The monoisotopic (exact) mass is 473 g/mol. The number of carbonyl (C=O) groups is 1. The van der Waals surface area contributed by atoms with Gasteiger partial charge in [0.15, 0.2) is 17.1 Å². The minimum atomic E-state index is -0.246. The maximum atomic E-state index is 12.9. The minimum absolute atomic E-state index is 0.148. The minimum Gasteiger partial charge on any atom is -0.493 e. The van der Waals surface area contributed by atoms with Crippen molar-refractivity contribution in [3.8, 4) is 11.5 Å². The topological polar surface area (TPSA) is 100 Å². The van der Waals surface area contributed by atoms with Crippen molar-refractivity contribution in [2.24, 2.45) is 0 Å². The molecule has 2 aromatic carbocycles. The number of hydrogen-bond acceptors (Lipinski definition) is 6. The third-order valence-electron chi connectivity index (χ3n) is 5.52. The lowest BCUT2D eigenvalue weighted by Gasteiger charge is -2.08. The Bertz CT molecular complexity index is 1440. The SMILES string of the molecule is COc1ccc(/C=C\C(=O)NCCn2ncc3c(=O)n(Cc4cccc(C)c4)cnc32)cc1OC. The van der Waals surface area contributed by atoms with Gasteiger partial charge in [-0.05, 0) is 36.3 Å². The Labute approximate surface area is 202 Å². The average Bonchev–Trinajstić information content (AvgIpc) is 3.28. The number of aromatic nitrogens is 4. The van der Waals surface area contributed by atoms with E-state index in [1.54, 1.807) is 41.7 Å². The molecule has 35 heavy (non-hydrogen) atoms. The molecule has 0 unspecified atom stereocenters. The second kappa shape index (κ2) is 10.7. The van der Waals surface area contributed by atoms with E-state index in [0.717, 1.165) is 16.7 Å². The molecule has 0 atom stereocenters. The predicted octanol–water partition coefficient (Wildman–Crippen LogP) is 2.80. The Morgan fingerprint density at radius 1 is 1.11 bits per heavy atom. The summed E-state index contributed by atoms with van der Waals surface area (Å²) < 4.78 is 13.7. The zero-order valence-corrected chi connectivity index (χ0v) is 19.9. The summed E-state index contributed by atoms with van der Waals surface area (Å²) >= 11 is 0. The van der Waals surface area contributed by atoms with E-state index >= 15 is 0 Å². The van der Waals surface area contributed by atoms with E-state index in [9.17, 15) is 9.59 Å². The van der Waals surface area contributed by atoms with Crippen LogP contribution in [-0.4, -0.2) is 46.0 Å². The molecule has 1 amide bonds. The molecule has 2 aromatic heterocycles. The zero-order chi connectivity index (χ0) is 24.8. The highest BCUT2D eigenvalue weighted by molar-refractivity contribution is 5.91. The van der Waals surface area contributed by atoms with E-state index in [-0.39, 0.29) is 11.5 Å². The van der Waals surface area contributed by atoms with Crippen molar-refractivity contribution in [1.82, 2.24) is 24.6 Å². The van der Waals surface area contributed by atoms with Crippen LogP contribution in [0, 0.1) is 6.92 Å². The van der Waals surface area contributed by atoms with Gasteiger partial charge in [0.2, 0.25) is 5.91 Å². The van der Waals surface area contributed by atoms with Gasteiger partial charge in [0.05, 0.1) is 33.5 Å². The van der Waals surface area contributed by atoms with Gasteiger partial charge in [-0.15, -0.1) is 0 Å². The summed E-state index contributed by atoms with van der Waals surface area (Å²) in [6, 6.07) is 13.4. The number of rotatable bonds is 9. The summed E-state index contributed by atoms with van der Waals surface area (Å²) in [6.07, 6.45) is 6.20. The molecule has 180 valence electrons. The van der Waals surface area contributed by atoms with Crippen LogP contribution in [0.3, 0.4) is 0 Å². The van der Waals surface area contributed by atoms with E-state index in [4.69, 9.17) is 9.47 Å². The molecular formula is C26H27N5O4. The van der Waals surface area contributed by atoms with Crippen LogP contribution < -0.4 is 20.3 Å². The van der Waals surface area contributed by atoms with Gasteiger partial charge >= 0.3 is 0 Å². The highest BCUT2D eigenvalue weighted by Gasteiger charge is 2.11. The van der Waals surface area contributed by atoms with Crippen LogP contribution in [0.4, 0.5) is 0 Å². The predicted molar refractivity (Wildman–Crippen MR) is 134 cm³/mol. The molecule has 0 spiro atoms. The molecule has 0 aliphatic heterocycles. The Balaban J connectivity index is 1.37. The van der Waals surface area contributed by atoms with Crippen LogP contribution in [0.5, 0.6) is 11.5 Å². The highest BCUT2D eigenvalue weighted by atomic mass is 16.5. The van der Waals surface area contributed by atoms with Gasteiger partial charge in [-0.25, -0.2) is 9.67 Å². The summed E-state index contributed by atoms with van der Waals surface area (Å²) in [5, 5.41) is 7.55. The van der Waals surface area contributed by atoms with Crippen LogP contribution in [0.2, 0.25) is 0 Å². The van der Waals surface area contributed by atoms with Crippen LogP contribution in [0.1, 0.15) is 16.7 Å². The molecule has 0 bridgehead atoms. The summed E-state index contributed by atoms with van der Waals surface area (Å²) in [7, 11) is 3.13. The largest absolute Gasteiger partial charge is 0.493 e. The lowest BCUT2D eigenvalue weighted by Crippen LogP contribution is -2.26. The molecular weight excluding hydrogens is 446 g/mol. The van der Waals surface area contributed by atoms with Crippen molar-refractivity contribution in [1.29, 1.82) is 0 Å². The first-order valence-corrected chi connectivity index (χ1v) is 11.1. The molecule has 0 aliphatic rings. The molecule has 0 aliphatic carbocycles. The van der Waals surface area contributed by atoms with Crippen molar-refractivity contribution < 1.29 is 14.3 Å². The Hall–Kier alpha value is -4.40. The lowest BCUT2D eigenvalue weighted by molar-refractivity contribution is -0.116. The van der Waals surface area contributed by atoms with Crippen LogP contribution in [0.25, 0.3) is 17.1 Å². The number of aryl methyl sites for hydroxylation is 1. The standard InChI is InChI=1S/C26H27N5O4/c1-18-5-4-6-20(13-18)16-30-17-28-25-21(26(30)33)15-29-31(25)12-11-27-24(32)10-8-19-7-9-22(34-2)23(14-19)35-3/h4-10,13-15,17H,11-12,16H2,1-3H3,(H,27,32)/b10-8-. The normalized spacial score (nSPS) is 11.2. The molecule has 0 fully saturated rings. The highest BCUT2D eigenvalue weighted by Crippen LogP contribution is 2.27. The van der Waals surface area contributed by atoms with Crippen molar-refractivity contribution in [3.05, 3.63) is 88.1 Å². The van der Waals surface area contributed by atoms with E-state index in [1.165, 1.54) is 18.6 Å². The van der Waals surface area contributed by atoms with Gasteiger partial charge in [0.1, 0.15) is 11.7 Å². The number of amides is 1. The van der Waals surface area contributed by atoms with Gasteiger partial charge in [-0.2, -0.15) is 5.10 Å². The number of ether oxygens (including phenoxy) is 2. The number of methoxy groups -OCH3 is 2. The smallest absolute Gasteiger partial charge is 0.264 e. The van der Waals surface area contributed by atoms with Crippen LogP contribution in [0.15, 0.2) is 65.9 Å². The average molecular weight is 474 g/mol. The number of hydrogen-bond donors (Lipinski definition) is 1. The van der Waals surface area contributed by atoms with Gasteiger partial charge in [-0.3, -0.25) is 14.2 Å². The summed E-state index contributed by atoms with van der Waals surface area (Å²) in [6.45, 7) is 3.17. The molecule has 0 saturated carbocycles. The van der Waals surface area contributed by atoms with Crippen molar-refractivity contribution in [2.45, 2.75) is 20.0 Å². The zero-order valence-electron chi connectivity index (χ0n) is 19.9. The quantitative estimate of drug-likeness (QED) is 0.375. The molecule has 9 heteroatoms. The van der Waals surface area contributed by atoms with Crippen molar-refractivity contribution in [2.75, 3.05) is 20.8 Å². The fourth-order valence-electron chi connectivity index (χ4n) is 3.75. The van der Waals surface area contributed by atoms with E-state index in [0.29, 0.717) is 42.2 Å². The Morgan fingerprint density at radius 2 is 1.94 bits per heavy atom. The third-order valence-corrected chi connectivity index (χ3v) is 5.52. The fourth-order valence-corrected chi connectivity index (χ4v) is 3.75.